The fraction of sp³-hybridized carbons (Fsp3) is 0.0588. The number of rotatable bonds is 4. The molecule has 8 heteroatoms. The van der Waals surface area contributed by atoms with Crippen LogP contribution in [0.2, 0.25) is 0 Å². The summed E-state index contributed by atoms with van der Waals surface area (Å²) in [6, 6.07) is 8.43. The summed E-state index contributed by atoms with van der Waals surface area (Å²) in [5, 5.41) is 22.1. The van der Waals surface area contributed by atoms with E-state index in [1.165, 1.54) is 42.6 Å². The highest BCUT2D eigenvalue weighted by molar-refractivity contribution is 6.07. The number of carboxylic acid groups (broad SMARTS) is 1. The Morgan fingerprint density at radius 2 is 1.84 bits per heavy atom. The molecule has 3 rings (SSSR count). The first kappa shape index (κ1) is 16.3. The molecular formula is C17H12FN3O4. The normalized spacial score (nSPS) is 10.6. The van der Waals surface area contributed by atoms with Gasteiger partial charge < -0.3 is 15.5 Å². The molecule has 0 atom stereocenters. The second kappa shape index (κ2) is 6.52. The van der Waals surface area contributed by atoms with Crippen molar-refractivity contribution in [1.29, 1.82) is 0 Å². The van der Waals surface area contributed by atoms with Crippen LogP contribution in [0, 0.1) is 5.82 Å². The summed E-state index contributed by atoms with van der Waals surface area (Å²) in [6.45, 7) is 0.0584. The van der Waals surface area contributed by atoms with Gasteiger partial charge in [-0.3, -0.25) is 9.78 Å². The lowest BCUT2D eigenvalue weighted by Crippen LogP contribution is -2.25. The van der Waals surface area contributed by atoms with Crippen molar-refractivity contribution < 1.29 is 24.2 Å². The van der Waals surface area contributed by atoms with E-state index in [-0.39, 0.29) is 23.1 Å². The van der Waals surface area contributed by atoms with E-state index in [0.717, 1.165) is 0 Å². The Kier molecular flexibility index (Phi) is 4.25. The number of nitrogens with zero attached hydrogens (tertiary/aromatic N) is 2. The number of nitrogens with one attached hydrogen (secondary N) is 1. The molecule has 0 radical (unpaired) electrons. The number of aromatic nitrogens is 2. The molecule has 0 spiro atoms. The van der Waals surface area contributed by atoms with Crippen molar-refractivity contribution in [2.45, 2.75) is 6.54 Å². The minimum atomic E-state index is -1.34. The van der Waals surface area contributed by atoms with Crippen molar-refractivity contribution in [2.24, 2.45) is 0 Å². The smallest absolute Gasteiger partial charge is 0.355 e. The highest BCUT2D eigenvalue weighted by Crippen LogP contribution is 2.27. The number of hydrogen-bond acceptors (Lipinski definition) is 5. The minimum Gasteiger partial charge on any atom is -0.504 e. The van der Waals surface area contributed by atoms with Gasteiger partial charge in [0.1, 0.15) is 11.3 Å². The van der Waals surface area contributed by atoms with Crippen LogP contribution in [-0.4, -0.2) is 32.1 Å². The molecular weight excluding hydrogens is 329 g/mol. The van der Waals surface area contributed by atoms with Crippen LogP contribution in [-0.2, 0) is 6.54 Å². The third kappa shape index (κ3) is 3.23. The predicted molar refractivity (Wildman–Crippen MR) is 85.7 cm³/mol. The molecule has 7 nitrogen and oxygen atoms in total. The Hall–Kier alpha value is -3.55. The average molecular weight is 341 g/mol. The van der Waals surface area contributed by atoms with Crippen molar-refractivity contribution in [3.8, 4) is 5.75 Å². The zero-order valence-electron chi connectivity index (χ0n) is 12.7. The van der Waals surface area contributed by atoms with Crippen molar-refractivity contribution >= 4 is 22.8 Å². The van der Waals surface area contributed by atoms with Gasteiger partial charge in [-0.15, -0.1) is 0 Å². The Morgan fingerprint density at radius 1 is 1.12 bits per heavy atom. The van der Waals surface area contributed by atoms with Gasteiger partial charge in [-0.25, -0.2) is 14.2 Å². The van der Waals surface area contributed by atoms with Gasteiger partial charge in [0.15, 0.2) is 17.1 Å². The van der Waals surface area contributed by atoms with Gasteiger partial charge in [0, 0.05) is 18.1 Å². The van der Waals surface area contributed by atoms with Crippen molar-refractivity contribution in [2.75, 3.05) is 0 Å². The van der Waals surface area contributed by atoms with E-state index in [0.29, 0.717) is 5.56 Å². The number of pyridine rings is 2. The van der Waals surface area contributed by atoms with Crippen molar-refractivity contribution in [3.05, 3.63) is 65.4 Å². The molecule has 25 heavy (non-hydrogen) atoms. The lowest BCUT2D eigenvalue weighted by Gasteiger charge is -2.10. The van der Waals surface area contributed by atoms with Gasteiger partial charge in [-0.2, -0.15) is 0 Å². The van der Waals surface area contributed by atoms with Gasteiger partial charge in [0.2, 0.25) is 0 Å². The van der Waals surface area contributed by atoms with E-state index in [1.807, 2.05) is 0 Å². The molecule has 0 aliphatic heterocycles. The van der Waals surface area contributed by atoms with Crippen LogP contribution in [0.25, 0.3) is 10.9 Å². The second-order valence-corrected chi connectivity index (χ2v) is 5.17. The van der Waals surface area contributed by atoms with E-state index in [9.17, 15) is 24.2 Å². The number of fused-ring (bicyclic) bond motifs is 1. The maximum absolute atomic E-state index is 12.9. The number of halogens is 1. The molecule has 3 N–H and O–H groups in total. The number of carbonyl (C=O) groups is 2. The number of amides is 1. The summed E-state index contributed by atoms with van der Waals surface area (Å²) in [7, 11) is 0. The topological polar surface area (TPSA) is 112 Å². The highest BCUT2D eigenvalue weighted by atomic mass is 19.1. The largest absolute Gasteiger partial charge is 0.504 e. The lowest BCUT2D eigenvalue weighted by atomic mass is 10.1. The number of carbonyl (C=O) groups excluding carboxylic acids is 1. The molecule has 0 fully saturated rings. The monoisotopic (exact) mass is 341 g/mol. The number of aromatic carboxylic acids is 1. The minimum absolute atomic E-state index is 0.0261. The van der Waals surface area contributed by atoms with E-state index in [1.54, 1.807) is 0 Å². The summed E-state index contributed by atoms with van der Waals surface area (Å²) in [5.74, 6) is -3.01. The first-order valence-electron chi connectivity index (χ1n) is 7.21. The van der Waals surface area contributed by atoms with Gasteiger partial charge in [-0.05, 0) is 29.8 Å². The molecule has 1 amide bonds. The van der Waals surface area contributed by atoms with Crippen LogP contribution >= 0.6 is 0 Å². The summed E-state index contributed by atoms with van der Waals surface area (Å²) in [4.78, 5) is 31.4. The van der Waals surface area contributed by atoms with Crippen molar-refractivity contribution in [1.82, 2.24) is 15.3 Å². The molecule has 0 saturated heterocycles. The second-order valence-electron chi connectivity index (χ2n) is 5.17. The van der Waals surface area contributed by atoms with E-state index in [4.69, 9.17) is 0 Å². The van der Waals surface area contributed by atoms with Crippen LogP contribution in [0.1, 0.15) is 26.5 Å². The van der Waals surface area contributed by atoms with Crippen LogP contribution < -0.4 is 5.32 Å². The maximum Gasteiger partial charge on any atom is 0.355 e. The van der Waals surface area contributed by atoms with Crippen LogP contribution in [0.3, 0.4) is 0 Å². The number of aromatic hydroxyl groups is 1. The molecule has 3 aromatic rings. The lowest BCUT2D eigenvalue weighted by molar-refractivity contribution is 0.0692. The first-order valence-corrected chi connectivity index (χ1v) is 7.21. The Labute approximate surface area is 140 Å². The third-order valence-electron chi connectivity index (χ3n) is 3.52. The fourth-order valence-corrected chi connectivity index (χ4v) is 2.31. The number of carboxylic acids is 1. The zero-order chi connectivity index (χ0) is 18.0. The highest BCUT2D eigenvalue weighted by Gasteiger charge is 2.22. The van der Waals surface area contributed by atoms with Gasteiger partial charge in [0.05, 0.1) is 0 Å². The Morgan fingerprint density at radius 3 is 2.52 bits per heavy atom. The first-order chi connectivity index (χ1) is 12.0. The van der Waals surface area contributed by atoms with Gasteiger partial charge >= 0.3 is 5.97 Å². The Bertz CT molecular complexity index is 974. The third-order valence-corrected chi connectivity index (χ3v) is 3.52. The number of benzene rings is 1. The van der Waals surface area contributed by atoms with E-state index >= 15 is 0 Å². The Balaban J connectivity index is 1.94. The molecule has 0 aliphatic carbocycles. The molecule has 0 saturated carbocycles. The van der Waals surface area contributed by atoms with Crippen LogP contribution in [0.15, 0.2) is 42.6 Å². The molecule has 0 aliphatic rings. The molecule has 1 aromatic carbocycles. The SMILES string of the molecule is O=C(NCc1ccc(F)cc1)c1nc(C(=O)O)c2cccnc2c1O. The quantitative estimate of drug-likeness (QED) is 0.670. The summed E-state index contributed by atoms with van der Waals surface area (Å²) in [5.41, 5.74) is -0.216. The zero-order valence-corrected chi connectivity index (χ0v) is 12.7. The molecule has 0 bridgehead atoms. The summed E-state index contributed by atoms with van der Waals surface area (Å²) in [6.07, 6.45) is 1.37. The fourth-order valence-electron chi connectivity index (χ4n) is 2.31. The molecule has 2 heterocycles. The standard InChI is InChI=1S/C17H12FN3O4/c18-10-5-3-9(4-6-10)8-20-16(23)14-15(22)12-11(2-1-7-19-12)13(21-14)17(24)25/h1-7,22H,8H2,(H,20,23)(H,24,25). The van der Waals surface area contributed by atoms with Crippen molar-refractivity contribution in [3.63, 3.8) is 0 Å². The van der Waals surface area contributed by atoms with E-state index < -0.39 is 29.1 Å². The van der Waals surface area contributed by atoms with E-state index in [2.05, 4.69) is 15.3 Å². The number of hydrogen-bond donors (Lipinski definition) is 3. The van der Waals surface area contributed by atoms with Gasteiger partial charge in [-0.1, -0.05) is 12.1 Å². The molecule has 2 aromatic heterocycles. The summed E-state index contributed by atoms with van der Waals surface area (Å²) < 4.78 is 12.9. The molecule has 126 valence electrons. The van der Waals surface area contributed by atoms with Gasteiger partial charge in [0.25, 0.3) is 5.91 Å². The van der Waals surface area contributed by atoms with Crippen LogP contribution in [0.4, 0.5) is 4.39 Å². The average Bonchev–Trinajstić information content (AvgIpc) is 2.61. The molecule has 0 unspecified atom stereocenters. The van der Waals surface area contributed by atoms with Crippen LogP contribution in [0.5, 0.6) is 5.75 Å². The summed E-state index contributed by atoms with van der Waals surface area (Å²) >= 11 is 0. The maximum atomic E-state index is 12.9. The predicted octanol–water partition coefficient (Wildman–Crippen LogP) is 2.10.